The Balaban J connectivity index is 2.61. The molecule has 0 aromatic heterocycles. The molecule has 0 radical (unpaired) electrons. The maximum absolute atomic E-state index is 12.0. The summed E-state index contributed by atoms with van der Waals surface area (Å²) >= 11 is 0. The van der Waals surface area contributed by atoms with E-state index in [1.165, 1.54) is 12.2 Å². The zero-order valence-corrected chi connectivity index (χ0v) is 11.8. The lowest BCUT2D eigenvalue weighted by molar-refractivity contribution is -0.123. The molecule has 102 valence electrons. The van der Waals surface area contributed by atoms with Crippen LogP contribution in [0, 0.1) is 5.92 Å². The van der Waals surface area contributed by atoms with Gasteiger partial charge in [0.1, 0.15) is 0 Å². The molecule has 1 saturated heterocycles. The lowest BCUT2D eigenvalue weighted by atomic mass is 9.94. The van der Waals surface area contributed by atoms with Gasteiger partial charge in [-0.05, 0) is 39.7 Å². The van der Waals surface area contributed by atoms with Crippen LogP contribution in [0.5, 0.6) is 0 Å². The van der Waals surface area contributed by atoms with E-state index in [0.29, 0.717) is 0 Å². The fraction of sp³-hybridized carbons (Fsp3) is 0.667. The molecule has 0 aromatic rings. The minimum Gasteiger partial charge on any atom is -0.386 e. The van der Waals surface area contributed by atoms with Gasteiger partial charge in [-0.3, -0.25) is 4.79 Å². The summed E-state index contributed by atoms with van der Waals surface area (Å²) in [6, 6.07) is 0. The van der Waals surface area contributed by atoms with Crippen LogP contribution in [0.15, 0.2) is 24.8 Å². The fourth-order valence-corrected chi connectivity index (χ4v) is 2.02. The van der Waals surface area contributed by atoms with Gasteiger partial charge < -0.3 is 9.84 Å². The van der Waals surface area contributed by atoms with Crippen LogP contribution < -0.4 is 0 Å². The van der Waals surface area contributed by atoms with Gasteiger partial charge >= 0.3 is 0 Å². The zero-order chi connectivity index (χ0) is 14.0. The second-order valence-corrected chi connectivity index (χ2v) is 5.89. The van der Waals surface area contributed by atoms with E-state index >= 15 is 0 Å². The summed E-state index contributed by atoms with van der Waals surface area (Å²) in [4.78, 5) is 12.0. The molecule has 18 heavy (non-hydrogen) atoms. The molecule has 0 aromatic carbocycles. The van der Waals surface area contributed by atoms with E-state index in [9.17, 15) is 9.90 Å². The molecule has 1 aliphatic heterocycles. The van der Waals surface area contributed by atoms with Crippen molar-refractivity contribution in [2.45, 2.75) is 57.8 Å². The Morgan fingerprint density at radius 3 is 2.67 bits per heavy atom. The largest absolute Gasteiger partial charge is 0.386 e. The normalized spacial score (nSPS) is 30.6. The number of carbonyl (C=O) groups is 1. The Hall–Kier alpha value is -0.930. The Labute approximate surface area is 110 Å². The summed E-state index contributed by atoms with van der Waals surface area (Å²) < 4.78 is 5.88. The molecular formula is C15H24O3. The third-order valence-corrected chi connectivity index (χ3v) is 3.44. The molecule has 0 spiro atoms. The van der Waals surface area contributed by atoms with Gasteiger partial charge in [0.05, 0.1) is 17.3 Å². The van der Waals surface area contributed by atoms with Crippen LogP contribution in [0.1, 0.15) is 40.5 Å². The van der Waals surface area contributed by atoms with Crippen molar-refractivity contribution < 1.29 is 14.6 Å². The Bertz CT molecular complexity index is 351. The Morgan fingerprint density at radius 1 is 1.61 bits per heavy atom. The number of ketones is 1. The third kappa shape index (κ3) is 4.07. The molecule has 0 unspecified atom stereocenters. The lowest BCUT2D eigenvalue weighted by Crippen LogP contribution is -2.29. The van der Waals surface area contributed by atoms with Gasteiger partial charge in [-0.25, -0.2) is 0 Å². The lowest BCUT2D eigenvalue weighted by Gasteiger charge is -2.23. The molecule has 3 nitrogen and oxygen atoms in total. The number of aliphatic hydroxyl groups is 1. The average molecular weight is 252 g/mol. The monoisotopic (exact) mass is 252 g/mol. The molecule has 1 aliphatic rings. The number of carbonyl (C=O) groups excluding carboxylic acids is 1. The number of hydrogen-bond donors (Lipinski definition) is 1. The molecule has 3 heteroatoms. The van der Waals surface area contributed by atoms with Gasteiger partial charge in [-0.15, -0.1) is 6.58 Å². The Kier molecular flexibility index (Phi) is 4.51. The minimum absolute atomic E-state index is 0.00422. The quantitative estimate of drug-likeness (QED) is 0.604. The van der Waals surface area contributed by atoms with Crippen LogP contribution in [-0.4, -0.2) is 28.2 Å². The first-order chi connectivity index (χ1) is 8.17. The zero-order valence-electron chi connectivity index (χ0n) is 11.8. The molecule has 0 saturated carbocycles. The second kappa shape index (κ2) is 5.37. The van der Waals surface area contributed by atoms with Crippen molar-refractivity contribution in [2.75, 3.05) is 0 Å². The van der Waals surface area contributed by atoms with E-state index in [-0.39, 0.29) is 23.4 Å². The summed E-state index contributed by atoms with van der Waals surface area (Å²) in [7, 11) is 0. The van der Waals surface area contributed by atoms with Crippen molar-refractivity contribution >= 4 is 5.78 Å². The van der Waals surface area contributed by atoms with E-state index in [4.69, 9.17) is 4.74 Å². The number of allylic oxidation sites excluding steroid dienone is 1. The summed E-state index contributed by atoms with van der Waals surface area (Å²) in [5.41, 5.74) is -1.26. The van der Waals surface area contributed by atoms with Crippen LogP contribution in [0.25, 0.3) is 0 Å². The van der Waals surface area contributed by atoms with E-state index in [1.807, 2.05) is 13.8 Å². The standard InChI is InChI=1S/C15H24O3/c1-6-15(5)10-8-13(18-15)11(2)12(16)7-9-14(3,4)17/h6-7,9,11,13,17H,1,8,10H2,2-5H3/b9-7+/t11-,13+,15+/m1/s1. The van der Waals surface area contributed by atoms with E-state index in [1.54, 1.807) is 19.9 Å². The highest BCUT2D eigenvalue weighted by molar-refractivity contribution is 5.92. The second-order valence-electron chi connectivity index (χ2n) is 5.89. The van der Waals surface area contributed by atoms with Crippen LogP contribution in [0.2, 0.25) is 0 Å². The first kappa shape index (κ1) is 15.1. The fourth-order valence-electron chi connectivity index (χ4n) is 2.02. The van der Waals surface area contributed by atoms with Crippen LogP contribution >= 0.6 is 0 Å². The number of ether oxygens (including phenoxy) is 1. The number of rotatable bonds is 5. The predicted molar refractivity (Wildman–Crippen MR) is 72.3 cm³/mol. The van der Waals surface area contributed by atoms with E-state index < -0.39 is 5.60 Å². The van der Waals surface area contributed by atoms with Crippen molar-refractivity contribution in [3.05, 3.63) is 24.8 Å². The molecule has 0 amide bonds. The average Bonchev–Trinajstić information content (AvgIpc) is 2.67. The van der Waals surface area contributed by atoms with Crippen molar-refractivity contribution in [1.29, 1.82) is 0 Å². The third-order valence-electron chi connectivity index (χ3n) is 3.44. The highest BCUT2D eigenvalue weighted by atomic mass is 16.5. The minimum atomic E-state index is -0.957. The summed E-state index contributed by atoms with van der Waals surface area (Å²) in [6.45, 7) is 10.9. The number of hydrogen-bond acceptors (Lipinski definition) is 3. The molecular weight excluding hydrogens is 228 g/mol. The molecule has 1 heterocycles. The maximum atomic E-state index is 12.0. The highest BCUT2D eigenvalue weighted by Gasteiger charge is 2.37. The molecule has 0 aliphatic carbocycles. The van der Waals surface area contributed by atoms with Gasteiger partial charge in [0.25, 0.3) is 0 Å². The van der Waals surface area contributed by atoms with Crippen LogP contribution in [0.3, 0.4) is 0 Å². The molecule has 1 rings (SSSR count). The van der Waals surface area contributed by atoms with Crippen LogP contribution in [-0.2, 0) is 9.53 Å². The van der Waals surface area contributed by atoms with Crippen molar-refractivity contribution in [2.24, 2.45) is 5.92 Å². The molecule has 3 atom stereocenters. The van der Waals surface area contributed by atoms with E-state index in [0.717, 1.165) is 12.8 Å². The maximum Gasteiger partial charge on any atom is 0.160 e. The Morgan fingerprint density at radius 2 is 2.22 bits per heavy atom. The van der Waals surface area contributed by atoms with Crippen molar-refractivity contribution in [3.63, 3.8) is 0 Å². The van der Waals surface area contributed by atoms with Gasteiger partial charge in [0, 0.05) is 5.92 Å². The molecule has 0 bridgehead atoms. The summed E-state index contributed by atoms with van der Waals surface area (Å²) in [6.07, 6.45) is 6.48. The van der Waals surface area contributed by atoms with E-state index in [2.05, 4.69) is 6.58 Å². The van der Waals surface area contributed by atoms with Crippen molar-refractivity contribution in [3.8, 4) is 0 Å². The summed E-state index contributed by atoms with van der Waals surface area (Å²) in [5, 5.41) is 9.55. The van der Waals surface area contributed by atoms with Gasteiger partial charge in [0.15, 0.2) is 5.78 Å². The first-order valence-corrected chi connectivity index (χ1v) is 6.44. The smallest absolute Gasteiger partial charge is 0.160 e. The predicted octanol–water partition coefficient (Wildman–Crippen LogP) is 2.64. The topological polar surface area (TPSA) is 46.5 Å². The highest BCUT2D eigenvalue weighted by Crippen LogP contribution is 2.34. The molecule has 1 fully saturated rings. The molecule has 1 N–H and O–H groups in total. The SMILES string of the molecule is C=C[C@@]1(C)CC[C@@H]([C@H](C)C(=O)/C=C/C(C)(C)O)O1. The van der Waals surface area contributed by atoms with Gasteiger partial charge in [0.2, 0.25) is 0 Å². The first-order valence-electron chi connectivity index (χ1n) is 6.44. The van der Waals surface area contributed by atoms with Gasteiger partial charge in [-0.1, -0.05) is 19.1 Å². The van der Waals surface area contributed by atoms with Gasteiger partial charge in [-0.2, -0.15) is 0 Å². The van der Waals surface area contributed by atoms with Crippen molar-refractivity contribution in [1.82, 2.24) is 0 Å². The van der Waals surface area contributed by atoms with Crippen LogP contribution in [0.4, 0.5) is 0 Å². The summed E-state index contributed by atoms with van der Waals surface area (Å²) in [5.74, 6) is -0.194.